The number of halogens is 3. The first-order valence-electron chi connectivity index (χ1n) is 11.6. The van der Waals surface area contributed by atoms with E-state index in [1.54, 1.807) is 30.3 Å². The van der Waals surface area contributed by atoms with E-state index in [4.69, 9.17) is 4.74 Å². The molecule has 0 radical (unpaired) electrons. The lowest BCUT2D eigenvalue weighted by atomic mass is 9.84. The second-order valence-electron chi connectivity index (χ2n) is 8.86. The van der Waals surface area contributed by atoms with Gasteiger partial charge in [-0.3, -0.25) is 0 Å². The Kier molecular flexibility index (Phi) is 7.24. The molecule has 5 nitrogen and oxygen atoms in total. The van der Waals surface area contributed by atoms with Crippen molar-refractivity contribution in [2.24, 2.45) is 0 Å². The van der Waals surface area contributed by atoms with Crippen molar-refractivity contribution < 1.29 is 17.9 Å². The molecule has 1 heterocycles. The van der Waals surface area contributed by atoms with E-state index in [1.807, 2.05) is 32.0 Å². The molecular formula is C26H29F3N4O. The molecule has 4 rings (SSSR count). The fraction of sp³-hybridized carbons (Fsp3) is 0.385. The Labute approximate surface area is 197 Å². The van der Waals surface area contributed by atoms with Gasteiger partial charge >= 0.3 is 6.18 Å². The molecule has 1 aliphatic rings. The van der Waals surface area contributed by atoms with Crippen LogP contribution in [0.5, 0.6) is 5.75 Å². The minimum Gasteiger partial charge on any atom is -0.491 e. The van der Waals surface area contributed by atoms with E-state index in [0.29, 0.717) is 23.0 Å². The molecule has 0 bridgehead atoms. The summed E-state index contributed by atoms with van der Waals surface area (Å²) in [6, 6.07) is 14.7. The van der Waals surface area contributed by atoms with Gasteiger partial charge in [0.05, 0.1) is 6.10 Å². The van der Waals surface area contributed by atoms with E-state index in [9.17, 15) is 13.2 Å². The molecule has 180 valence electrons. The van der Waals surface area contributed by atoms with Crippen molar-refractivity contribution in [1.29, 1.82) is 0 Å². The summed E-state index contributed by atoms with van der Waals surface area (Å²) in [6.45, 7) is 3.86. The molecule has 0 aliphatic heterocycles. The third-order valence-corrected chi connectivity index (χ3v) is 5.80. The van der Waals surface area contributed by atoms with Gasteiger partial charge in [0, 0.05) is 17.6 Å². The highest BCUT2D eigenvalue weighted by Gasteiger charge is 2.35. The third kappa shape index (κ3) is 6.18. The summed E-state index contributed by atoms with van der Waals surface area (Å²) in [5.41, 5.74) is 1.45. The van der Waals surface area contributed by atoms with Crippen molar-refractivity contribution >= 4 is 23.1 Å². The first-order valence-corrected chi connectivity index (χ1v) is 11.6. The second-order valence-corrected chi connectivity index (χ2v) is 8.86. The number of rotatable bonds is 7. The van der Waals surface area contributed by atoms with Crippen LogP contribution >= 0.6 is 0 Å². The number of hydrogen-bond acceptors (Lipinski definition) is 5. The number of anilines is 4. The molecule has 1 fully saturated rings. The summed E-state index contributed by atoms with van der Waals surface area (Å²) < 4.78 is 46.6. The molecule has 0 unspecified atom stereocenters. The summed E-state index contributed by atoms with van der Waals surface area (Å²) >= 11 is 0. The van der Waals surface area contributed by atoms with Crippen LogP contribution in [-0.4, -0.2) is 16.1 Å². The molecule has 0 spiro atoms. The topological polar surface area (TPSA) is 59.1 Å². The third-order valence-electron chi connectivity index (χ3n) is 5.80. The van der Waals surface area contributed by atoms with Gasteiger partial charge in [0.25, 0.3) is 0 Å². The van der Waals surface area contributed by atoms with E-state index in [0.717, 1.165) is 24.6 Å². The monoisotopic (exact) mass is 470 g/mol. The van der Waals surface area contributed by atoms with Crippen LogP contribution in [0.2, 0.25) is 0 Å². The molecule has 1 aliphatic carbocycles. The van der Waals surface area contributed by atoms with Gasteiger partial charge in [0.1, 0.15) is 17.1 Å². The van der Waals surface area contributed by atoms with Crippen molar-refractivity contribution in [3.8, 4) is 5.75 Å². The molecule has 34 heavy (non-hydrogen) atoms. The van der Waals surface area contributed by atoms with Crippen LogP contribution in [0.25, 0.3) is 0 Å². The molecule has 2 N–H and O–H groups in total. The summed E-state index contributed by atoms with van der Waals surface area (Å²) in [7, 11) is 0. The number of nitrogens with one attached hydrogen (secondary N) is 2. The highest BCUT2D eigenvalue weighted by Crippen LogP contribution is 2.37. The molecular weight excluding hydrogens is 441 g/mol. The Morgan fingerprint density at radius 1 is 0.941 bits per heavy atom. The van der Waals surface area contributed by atoms with Gasteiger partial charge < -0.3 is 15.4 Å². The van der Waals surface area contributed by atoms with Crippen molar-refractivity contribution in [1.82, 2.24) is 9.97 Å². The van der Waals surface area contributed by atoms with Crippen molar-refractivity contribution in [2.45, 2.75) is 64.1 Å². The van der Waals surface area contributed by atoms with Gasteiger partial charge in [0.2, 0.25) is 5.95 Å². The van der Waals surface area contributed by atoms with Crippen LogP contribution in [-0.2, 0) is 6.18 Å². The molecule has 8 heteroatoms. The summed E-state index contributed by atoms with van der Waals surface area (Å²) in [5, 5.41) is 5.85. The Bertz CT molecular complexity index is 1090. The summed E-state index contributed by atoms with van der Waals surface area (Å²) in [5.74, 6) is 0.930. The second kappa shape index (κ2) is 10.3. The zero-order chi connectivity index (χ0) is 24.1. The Morgan fingerprint density at radius 3 is 2.35 bits per heavy atom. The van der Waals surface area contributed by atoms with Crippen LogP contribution in [0, 0.1) is 0 Å². The number of hydrogen-bond donors (Lipinski definition) is 2. The van der Waals surface area contributed by atoms with E-state index in [1.165, 1.54) is 19.3 Å². The Balaban J connectivity index is 1.57. The quantitative estimate of drug-likeness (QED) is 0.369. The highest BCUT2D eigenvalue weighted by molar-refractivity contribution is 5.63. The van der Waals surface area contributed by atoms with Crippen LogP contribution in [0.3, 0.4) is 0 Å². The van der Waals surface area contributed by atoms with Gasteiger partial charge in [-0.25, -0.2) is 4.98 Å². The van der Waals surface area contributed by atoms with Crippen LogP contribution in [0.1, 0.15) is 63.0 Å². The molecule has 3 aromatic rings. The lowest BCUT2D eigenvalue weighted by molar-refractivity contribution is -0.137. The van der Waals surface area contributed by atoms with Gasteiger partial charge in [-0.2, -0.15) is 18.2 Å². The van der Waals surface area contributed by atoms with Gasteiger partial charge in [-0.1, -0.05) is 31.4 Å². The van der Waals surface area contributed by atoms with Gasteiger partial charge in [0.15, 0.2) is 0 Å². The summed E-state index contributed by atoms with van der Waals surface area (Å²) in [6.07, 6.45) is 2.10. The molecule has 1 saturated carbocycles. The molecule has 0 saturated heterocycles. The van der Waals surface area contributed by atoms with Gasteiger partial charge in [-0.05, 0) is 74.6 Å². The highest BCUT2D eigenvalue weighted by atomic mass is 19.4. The zero-order valence-corrected chi connectivity index (χ0v) is 19.3. The van der Waals surface area contributed by atoms with Crippen molar-refractivity contribution in [3.05, 3.63) is 65.9 Å². The van der Waals surface area contributed by atoms with Crippen molar-refractivity contribution in [2.75, 3.05) is 10.6 Å². The SMILES string of the molecule is CC(C)Oc1ccc(Nc2ncc(C(F)(F)F)c(Nc3cccc(C4CCCCC4)c3)n2)cc1. The largest absolute Gasteiger partial charge is 0.491 e. The van der Waals surface area contributed by atoms with E-state index < -0.39 is 11.7 Å². The van der Waals surface area contributed by atoms with Crippen molar-refractivity contribution in [3.63, 3.8) is 0 Å². The van der Waals surface area contributed by atoms with E-state index >= 15 is 0 Å². The van der Waals surface area contributed by atoms with E-state index in [2.05, 4.69) is 20.6 Å². The van der Waals surface area contributed by atoms with Crippen LogP contribution in [0.15, 0.2) is 54.7 Å². The smallest absolute Gasteiger partial charge is 0.421 e. The Morgan fingerprint density at radius 2 is 1.68 bits per heavy atom. The number of ether oxygens (including phenoxy) is 1. The predicted molar refractivity (Wildman–Crippen MR) is 128 cm³/mol. The maximum Gasteiger partial charge on any atom is 0.421 e. The normalized spacial score (nSPS) is 14.8. The zero-order valence-electron chi connectivity index (χ0n) is 19.3. The molecule has 1 aromatic heterocycles. The Hall–Kier alpha value is -3.29. The standard InChI is InChI=1S/C26H29F3N4O/c1-17(2)34-22-13-11-20(12-14-22)32-25-30-16-23(26(27,28)29)24(33-25)31-21-10-6-9-19(15-21)18-7-4-3-5-8-18/h6,9-18H,3-5,7-8H2,1-2H3,(H2,30,31,32,33). The maximum absolute atomic E-state index is 13.7. The average molecular weight is 471 g/mol. The number of alkyl halides is 3. The minimum atomic E-state index is -4.59. The fourth-order valence-electron chi connectivity index (χ4n) is 4.21. The molecule has 0 atom stereocenters. The lowest BCUT2D eigenvalue weighted by Gasteiger charge is -2.22. The van der Waals surface area contributed by atoms with Crippen LogP contribution in [0.4, 0.5) is 36.3 Å². The maximum atomic E-state index is 13.7. The first-order chi connectivity index (χ1) is 16.3. The first kappa shape index (κ1) is 23.9. The van der Waals surface area contributed by atoms with Crippen LogP contribution < -0.4 is 15.4 Å². The minimum absolute atomic E-state index is 0.0438. The summed E-state index contributed by atoms with van der Waals surface area (Å²) in [4.78, 5) is 8.05. The number of benzene rings is 2. The number of nitrogens with zero attached hydrogens (tertiary/aromatic N) is 2. The average Bonchev–Trinajstić information content (AvgIpc) is 2.80. The fourth-order valence-corrected chi connectivity index (χ4v) is 4.21. The number of aromatic nitrogens is 2. The predicted octanol–water partition coefficient (Wildman–Crippen LogP) is 7.82. The van der Waals surface area contributed by atoms with E-state index in [-0.39, 0.29) is 17.9 Å². The molecule has 2 aromatic carbocycles. The van der Waals surface area contributed by atoms with Gasteiger partial charge in [-0.15, -0.1) is 0 Å². The molecule has 0 amide bonds. The lowest BCUT2D eigenvalue weighted by Crippen LogP contribution is -2.13.